The lowest BCUT2D eigenvalue weighted by Gasteiger charge is -2.17. The predicted octanol–water partition coefficient (Wildman–Crippen LogP) is 2.69. The summed E-state index contributed by atoms with van der Waals surface area (Å²) in [6.45, 7) is 3.10. The molecule has 1 atom stereocenters. The van der Waals surface area contributed by atoms with Gasteiger partial charge in [-0.05, 0) is 30.5 Å². The number of hydrogen-bond donors (Lipinski definition) is 2. The van der Waals surface area contributed by atoms with Gasteiger partial charge >= 0.3 is 0 Å². The van der Waals surface area contributed by atoms with Crippen molar-refractivity contribution >= 4 is 11.6 Å². The van der Waals surface area contributed by atoms with Crippen molar-refractivity contribution in [3.05, 3.63) is 53.1 Å². The summed E-state index contributed by atoms with van der Waals surface area (Å²) in [6, 6.07) is 7.81. The molecule has 0 aliphatic carbocycles. The molecular weight excluding hydrogens is 260 g/mol. The number of aryl methyl sites for hydroxylation is 1. The Morgan fingerprint density at radius 3 is 2.74 bits per heavy atom. The first-order valence-electron chi connectivity index (χ1n) is 6.46. The minimum absolute atomic E-state index is 0.00252. The van der Waals surface area contributed by atoms with Crippen LogP contribution in [0.4, 0.5) is 0 Å². The van der Waals surface area contributed by atoms with Crippen LogP contribution in [0, 0.1) is 0 Å². The summed E-state index contributed by atoms with van der Waals surface area (Å²) >= 11 is 5.89. The Kier molecular flexibility index (Phi) is 4.96. The molecule has 0 aliphatic heterocycles. The van der Waals surface area contributed by atoms with Gasteiger partial charge in [0.2, 0.25) is 0 Å². The highest BCUT2D eigenvalue weighted by Gasteiger charge is 2.15. The van der Waals surface area contributed by atoms with Gasteiger partial charge in [-0.15, -0.1) is 0 Å². The van der Waals surface area contributed by atoms with E-state index in [2.05, 4.69) is 21.9 Å². The van der Waals surface area contributed by atoms with Gasteiger partial charge in [0.1, 0.15) is 5.82 Å². The third-order valence-corrected chi connectivity index (χ3v) is 3.33. The first-order chi connectivity index (χ1) is 9.24. The monoisotopic (exact) mass is 278 g/mol. The van der Waals surface area contributed by atoms with Crippen LogP contribution in [0.25, 0.3) is 0 Å². The molecule has 0 fully saturated rings. The van der Waals surface area contributed by atoms with E-state index in [-0.39, 0.29) is 6.04 Å². The van der Waals surface area contributed by atoms with E-state index in [1.165, 1.54) is 5.56 Å². The molecule has 0 saturated heterocycles. The standard InChI is InChI=1S/C14H19ClN4/c1-2-8-19-9-7-17-14(19)13(18-16)10-11-3-5-12(15)6-4-11/h3-7,9,13,18H,2,8,10,16H2,1H3. The highest BCUT2D eigenvalue weighted by atomic mass is 35.5. The van der Waals surface area contributed by atoms with Gasteiger partial charge in [-0.25, -0.2) is 10.4 Å². The Hall–Kier alpha value is -1.36. The quantitative estimate of drug-likeness (QED) is 0.631. The number of imidazole rings is 1. The van der Waals surface area contributed by atoms with Crippen molar-refractivity contribution < 1.29 is 0 Å². The second kappa shape index (κ2) is 6.70. The fraction of sp³-hybridized carbons (Fsp3) is 0.357. The highest BCUT2D eigenvalue weighted by molar-refractivity contribution is 6.30. The lowest BCUT2D eigenvalue weighted by Crippen LogP contribution is -2.31. The van der Waals surface area contributed by atoms with Crippen LogP contribution in [0.1, 0.15) is 30.8 Å². The van der Waals surface area contributed by atoms with Crippen LogP contribution in [0.5, 0.6) is 0 Å². The largest absolute Gasteiger partial charge is 0.334 e. The summed E-state index contributed by atoms with van der Waals surface area (Å²) in [5.41, 5.74) is 4.03. The zero-order valence-electron chi connectivity index (χ0n) is 11.0. The lowest BCUT2D eigenvalue weighted by molar-refractivity contribution is 0.488. The first kappa shape index (κ1) is 14.1. The fourth-order valence-electron chi connectivity index (χ4n) is 2.14. The predicted molar refractivity (Wildman–Crippen MR) is 77.7 cm³/mol. The molecule has 4 nitrogen and oxygen atoms in total. The van der Waals surface area contributed by atoms with Crippen LogP contribution in [0.3, 0.4) is 0 Å². The normalized spacial score (nSPS) is 12.6. The SMILES string of the molecule is CCCn1ccnc1C(Cc1ccc(Cl)cc1)NN. The zero-order chi connectivity index (χ0) is 13.7. The molecule has 2 rings (SSSR count). The fourth-order valence-corrected chi connectivity index (χ4v) is 2.27. The maximum absolute atomic E-state index is 5.89. The van der Waals surface area contributed by atoms with E-state index in [0.29, 0.717) is 0 Å². The third-order valence-electron chi connectivity index (χ3n) is 3.08. The smallest absolute Gasteiger partial charge is 0.127 e. The van der Waals surface area contributed by atoms with Crippen molar-refractivity contribution in [3.63, 3.8) is 0 Å². The average Bonchev–Trinajstić information content (AvgIpc) is 2.87. The molecule has 102 valence electrons. The Labute approximate surface area is 118 Å². The maximum atomic E-state index is 5.89. The third kappa shape index (κ3) is 3.56. The molecule has 0 radical (unpaired) electrons. The molecule has 0 bridgehead atoms. The Balaban J connectivity index is 2.15. The molecule has 0 aliphatic rings. The second-order valence-electron chi connectivity index (χ2n) is 4.53. The van der Waals surface area contributed by atoms with E-state index in [1.807, 2.05) is 36.7 Å². The van der Waals surface area contributed by atoms with E-state index in [4.69, 9.17) is 17.4 Å². The van der Waals surface area contributed by atoms with E-state index < -0.39 is 0 Å². The minimum Gasteiger partial charge on any atom is -0.334 e. The Bertz CT molecular complexity index is 506. The number of benzene rings is 1. The van der Waals surface area contributed by atoms with Gasteiger partial charge in [0, 0.05) is 24.0 Å². The molecule has 1 unspecified atom stereocenters. The molecule has 2 aromatic rings. The first-order valence-corrected chi connectivity index (χ1v) is 6.84. The summed E-state index contributed by atoms with van der Waals surface area (Å²) in [5.74, 6) is 6.65. The van der Waals surface area contributed by atoms with Crippen LogP contribution in [-0.4, -0.2) is 9.55 Å². The van der Waals surface area contributed by atoms with Gasteiger partial charge in [-0.2, -0.15) is 0 Å². The maximum Gasteiger partial charge on any atom is 0.127 e. The number of aromatic nitrogens is 2. The molecular formula is C14H19ClN4. The number of nitrogens with zero attached hydrogens (tertiary/aromatic N) is 2. The van der Waals surface area contributed by atoms with Gasteiger partial charge in [0.05, 0.1) is 6.04 Å². The van der Waals surface area contributed by atoms with Crippen molar-refractivity contribution in [1.82, 2.24) is 15.0 Å². The topological polar surface area (TPSA) is 55.9 Å². The van der Waals surface area contributed by atoms with Crippen molar-refractivity contribution in [2.24, 2.45) is 5.84 Å². The van der Waals surface area contributed by atoms with Gasteiger partial charge < -0.3 is 4.57 Å². The minimum atomic E-state index is 0.00252. The summed E-state index contributed by atoms with van der Waals surface area (Å²) in [5, 5.41) is 0.744. The van der Waals surface area contributed by atoms with Crippen molar-refractivity contribution in [3.8, 4) is 0 Å². The van der Waals surface area contributed by atoms with Crippen LogP contribution >= 0.6 is 11.6 Å². The molecule has 19 heavy (non-hydrogen) atoms. The second-order valence-corrected chi connectivity index (χ2v) is 4.97. The molecule has 5 heteroatoms. The van der Waals surface area contributed by atoms with Crippen molar-refractivity contribution in [2.75, 3.05) is 0 Å². The Morgan fingerprint density at radius 2 is 2.11 bits per heavy atom. The van der Waals surface area contributed by atoms with Gasteiger partial charge in [-0.1, -0.05) is 30.7 Å². The molecule has 1 aromatic carbocycles. The van der Waals surface area contributed by atoms with Crippen molar-refractivity contribution in [1.29, 1.82) is 0 Å². The van der Waals surface area contributed by atoms with Gasteiger partial charge in [-0.3, -0.25) is 5.84 Å². The van der Waals surface area contributed by atoms with E-state index >= 15 is 0 Å². The summed E-state index contributed by atoms with van der Waals surface area (Å²) in [7, 11) is 0. The van der Waals surface area contributed by atoms with Crippen LogP contribution in [0.2, 0.25) is 5.02 Å². The molecule has 0 saturated carbocycles. The van der Waals surface area contributed by atoms with Gasteiger partial charge in [0.25, 0.3) is 0 Å². The number of halogens is 1. The average molecular weight is 279 g/mol. The highest BCUT2D eigenvalue weighted by Crippen LogP contribution is 2.18. The summed E-state index contributed by atoms with van der Waals surface area (Å²) < 4.78 is 2.14. The molecule has 3 N–H and O–H groups in total. The number of nitrogens with one attached hydrogen (secondary N) is 1. The lowest BCUT2D eigenvalue weighted by atomic mass is 10.1. The molecule has 0 spiro atoms. The van der Waals surface area contributed by atoms with E-state index in [9.17, 15) is 0 Å². The van der Waals surface area contributed by atoms with E-state index in [0.717, 1.165) is 30.2 Å². The van der Waals surface area contributed by atoms with E-state index in [1.54, 1.807) is 0 Å². The number of hydrogen-bond acceptors (Lipinski definition) is 3. The Morgan fingerprint density at radius 1 is 1.37 bits per heavy atom. The summed E-state index contributed by atoms with van der Waals surface area (Å²) in [6.07, 6.45) is 5.66. The zero-order valence-corrected chi connectivity index (χ0v) is 11.8. The molecule has 1 heterocycles. The molecule has 0 amide bonds. The van der Waals surface area contributed by atoms with Gasteiger partial charge in [0.15, 0.2) is 0 Å². The number of rotatable bonds is 6. The van der Waals surface area contributed by atoms with Crippen molar-refractivity contribution in [2.45, 2.75) is 32.4 Å². The van der Waals surface area contributed by atoms with Crippen LogP contribution < -0.4 is 11.3 Å². The van der Waals surface area contributed by atoms with Crippen LogP contribution in [-0.2, 0) is 13.0 Å². The summed E-state index contributed by atoms with van der Waals surface area (Å²) in [4.78, 5) is 4.41. The molecule has 1 aromatic heterocycles. The van der Waals surface area contributed by atoms with Crippen LogP contribution in [0.15, 0.2) is 36.7 Å². The number of hydrazine groups is 1. The number of nitrogens with two attached hydrogens (primary N) is 1.